The van der Waals surface area contributed by atoms with Crippen LogP contribution in [-0.4, -0.2) is 60.6 Å². The van der Waals surface area contributed by atoms with E-state index < -0.39 is 0 Å². The number of nitrogens with one attached hydrogen (secondary N) is 1. The average molecular weight is 262 g/mol. The molecule has 1 aromatic heterocycles. The molecule has 1 aromatic rings. The van der Waals surface area contributed by atoms with E-state index in [2.05, 4.69) is 46.2 Å². The lowest BCUT2D eigenvalue weighted by Crippen LogP contribution is -2.48. The molecule has 4 nitrogen and oxygen atoms in total. The molecule has 1 atom stereocenters. The second-order valence-electron chi connectivity index (χ2n) is 5.48. The van der Waals surface area contributed by atoms with Crippen molar-refractivity contribution in [1.29, 1.82) is 0 Å². The van der Waals surface area contributed by atoms with Gasteiger partial charge in [-0.15, -0.1) is 0 Å². The Balaban J connectivity index is 1.69. The number of rotatable bonds is 6. The molecule has 0 saturated carbocycles. The Morgan fingerprint density at radius 1 is 1.37 bits per heavy atom. The Labute approximate surface area is 116 Å². The van der Waals surface area contributed by atoms with Gasteiger partial charge in [-0.1, -0.05) is 6.07 Å². The summed E-state index contributed by atoms with van der Waals surface area (Å²) in [5, 5.41) is 3.41. The summed E-state index contributed by atoms with van der Waals surface area (Å²) in [6, 6.07) is 6.79. The summed E-state index contributed by atoms with van der Waals surface area (Å²) in [6.45, 7) is 9.05. The Morgan fingerprint density at radius 3 is 2.84 bits per heavy atom. The van der Waals surface area contributed by atoms with Gasteiger partial charge in [0.25, 0.3) is 0 Å². The van der Waals surface area contributed by atoms with Crippen molar-refractivity contribution in [3.05, 3.63) is 30.1 Å². The third-order valence-corrected chi connectivity index (χ3v) is 3.86. The van der Waals surface area contributed by atoms with E-state index >= 15 is 0 Å². The zero-order chi connectivity index (χ0) is 13.5. The van der Waals surface area contributed by atoms with Crippen LogP contribution in [0.1, 0.15) is 19.0 Å². The summed E-state index contributed by atoms with van der Waals surface area (Å²) in [5.41, 5.74) is 1.15. The number of hydrogen-bond acceptors (Lipinski definition) is 4. The maximum Gasteiger partial charge on any atom is 0.0543 e. The highest BCUT2D eigenvalue weighted by atomic mass is 15.2. The molecule has 0 bridgehead atoms. The molecular weight excluding hydrogens is 236 g/mol. The van der Waals surface area contributed by atoms with Gasteiger partial charge < -0.3 is 10.2 Å². The summed E-state index contributed by atoms with van der Waals surface area (Å²) in [6.07, 6.45) is 3.09. The van der Waals surface area contributed by atoms with Crippen LogP contribution in [-0.2, 0) is 6.54 Å². The highest BCUT2D eigenvalue weighted by molar-refractivity contribution is 5.02. The summed E-state index contributed by atoms with van der Waals surface area (Å²) in [5.74, 6) is 0. The molecule has 1 aliphatic heterocycles. The number of piperazine rings is 1. The molecule has 0 aliphatic carbocycles. The van der Waals surface area contributed by atoms with Crippen molar-refractivity contribution in [3.63, 3.8) is 0 Å². The molecule has 2 rings (SSSR count). The summed E-state index contributed by atoms with van der Waals surface area (Å²) >= 11 is 0. The molecule has 2 heterocycles. The molecule has 0 aromatic carbocycles. The van der Waals surface area contributed by atoms with Gasteiger partial charge in [0, 0.05) is 45.0 Å². The summed E-state index contributed by atoms with van der Waals surface area (Å²) in [7, 11) is 2.18. The Morgan fingerprint density at radius 2 is 2.16 bits per heavy atom. The van der Waals surface area contributed by atoms with Crippen molar-refractivity contribution in [2.24, 2.45) is 0 Å². The van der Waals surface area contributed by atoms with Crippen LogP contribution in [0.15, 0.2) is 24.4 Å². The lowest BCUT2D eigenvalue weighted by Gasteiger charge is -2.33. The molecule has 0 radical (unpaired) electrons. The topological polar surface area (TPSA) is 31.4 Å². The molecule has 0 amide bonds. The summed E-state index contributed by atoms with van der Waals surface area (Å²) in [4.78, 5) is 9.33. The molecule has 19 heavy (non-hydrogen) atoms. The van der Waals surface area contributed by atoms with Crippen LogP contribution in [0, 0.1) is 0 Å². The van der Waals surface area contributed by atoms with E-state index in [9.17, 15) is 0 Å². The maximum atomic E-state index is 4.38. The minimum atomic E-state index is 0.674. The van der Waals surface area contributed by atoms with Gasteiger partial charge in [-0.2, -0.15) is 0 Å². The Hall–Kier alpha value is -0.970. The fraction of sp³-hybridized carbons (Fsp3) is 0.667. The third kappa shape index (κ3) is 4.90. The third-order valence-electron chi connectivity index (χ3n) is 3.86. The molecule has 4 heteroatoms. The molecule has 1 saturated heterocycles. The SMILES string of the molecule is CC(CCN(C)Cc1ccccn1)N1CCNCC1. The van der Waals surface area contributed by atoms with E-state index in [0.717, 1.165) is 31.9 Å². The number of pyridine rings is 1. The van der Waals surface area contributed by atoms with Crippen LogP contribution < -0.4 is 5.32 Å². The molecule has 0 spiro atoms. The van der Waals surface area contributed by atoms with Crippen LogP contribution in [0.4, 0.5) is 0 Å². The van der Waals surface area contributed by atoms with Crippen molar-refractivity contribution in [2.75, 3.05) is 39.8 Å². The quantitative estimate of drug-likeness (QED) is 0.835. The number of hydrogen-bond donors (Lipinski definition) is 1. The molecule has 1 unspecified atom stereocenters. The van der Waals surface area contributed by atoms with Gasteiger partial charge in [-0.05, 0) is 39.1 Å². The molecular formula is C15H26N4. The highest BCUT2D eigenvalue weighted by Crippen LogP contribution is 2.07. The minimum absolute atomic E-state index is 0.674. The van der Waals surface area contributed by atoms with Gasteiger partial charge in [0.2, 0.25) is 0 Å². The highest BCUT2D eigenvalue weighted by Gasteiger charge is 2.16. The van der Waals surface area contributed by atoms with E-state index in [1.54, 1.807) is 0 Å². The first-order valence-electron chi connectivity index (χ1n) is 7.29. The monoisotopic (exact) mass is 262 g/mol. The van der Waals surface area contributed by atoms with E-state index in [1.165, 1.54) is 19.5 Å². The normalized spacial score (nSPS) is 18.7. The molecule has 106 valence electrons. The predicted molar refractivity (Wildman–Crippen MR) is 79.1 cm³/mol. The minimum Gasteiger partial charge on any atom is -0.314 e. The second kappa shape index (κ2) is 7.58. The van der Waals surface area contributed by atoms with E-state index in [4.69, 9.17) is 0 Å². The first kappa shape index (κ1) is 14.4. The zero-order valence-corrected chi connectivity index (χ0v) is 12.2. The first-order chi connectivity index (χ1) is 9.25. The fourth-order valence-corrected chi connectivity index (χ4v) is 2.56. The Bertz CT molecular complexity index is 348. The second-order valence-corrected chi connectivity index (χ2v) is 5.48. The van der Waals surface area contributed by atoms with Gasteiger partial charge in [0.05, 0.1) is 5.69 Å². The van der Waals surface area contributed by atoms with Gasteiger partial charge >= 0.3 is 0 Å². The smallest absolute Gasteiger partial charge is 0.0543 e. The van der Waals surface area contributed by atoms with Crippen molar-refractivity contribution in [3.8, 4) is 0 Å². The average Bonchev–Trinajstić information content (AvgIpc) is 2.47. The van der Waals surface area contributed by atoms with Crippen molar-refractivity contribution in [2.45, 2.75) is 25.9 Å². The van der Waals surface area contributed by atoms with Gasteiger partial charge in [-0.3, -0.25) is 9.88 Å². The van der Waals surface area contributed by atoms with Crippen LogP contribution in [0.5, 0.6) is 0 Å². The van der Waals surface area contributed by atoms with Gasteiger partial charge in [-0.25, -0.2) is 0 Å². The number of aromatic nitrogens is 1. The van der Waals surface area contributed by atoms with E-state index in [-0.39, 0.29) is 0 Å². The number of nitrogens with zero attached hydrogens (tertiary/aromatic N) is 3. The van der Waals surface area contributed by atoms with E-state index in [0.29, 0.717) is 6.04 Å². The maximum absolute atomic E-state index is 4.38. The van der Waals surface area contributed by atoms with Gasteiger partial charge in [0.1, 0.15) is 0 Å². The van der Waals surface area contributed by atoms with Crippen molar-refractivity contribution < 1.29 is 0 Å². The predicted octanol–water partition coefficient (Wildman–Crippen LogP) is 1.20. The van der Waals surface area contributed by atoms with Crippen LogP contribution in [0.2, 0.25) is 0 Å². The van der Waals surface area contributed by atoms with E-state index in [1.807, 2.05) is 12.3 Å². The lowest BCUT2D eigenvalue weighted by molar-refractivity contribution is 0.162. The largest absolute Gasteiger partial charge is 0.314 e. The fourth-order valence-electron chi connectivity index (χ4n) is 2.56. The van der Waals surface area contributed by atoms with Crippen LogP contribution >= 0.6 is 0 Å². The standard InChI is InChI=1S/C15H26N4/c1-14(19-11-8-16-9-12-19)6-10-18(2)13-15-5-3-4-7-17-15/h3-5,7,14,16H,6,8-13H2,1-2H3. The molecule has 1 aliphatic rings. The van der Waals surface area contributed by atoms with Crippen molar-refractivity contribution in [1.82, 2.24) is 20.1 Å². The van der Waals surface area contributed by atoms with Crippen LogP contribution in [0.3, 0.4) is 0 Å². The van der Waals surface area contributed by atoms with Gasteiger partial charge in [0.15, 0.2) is 0 Å². The van der Waals surface area contributed by atoms with Crippen LogP contribution in [0.25, 0.3) is 0 Å². The lowest BCUT2D eigenvalue weighted by atomic mass is 10.1. The summed E-state index contributed by atoms with van der Waals surface area (Å²) < 4.78 is 0. The molecule has 1 N–H and O–H groups in total. The Kier molecular flexibility index (Phi) is 5.76. The first-order valence-corrected chi connectivity index (χ1v) is 7.29. The molecule has 1 fully saturated rings. The van der Waals surface area contributed by atoms with Crippen molar-refractivity contribution >= 4 is 0 Å². The zero-order valence-electron chi connectivity index (χ0n) is 12.2.